The van der Waals surface area contributed by atoms with Crippen LogP contribution in [0.2, 0.25) is 0 Å². The van der Waals surface area contributed by atoms with Crippen LogP contribution in [0.1, 0.15) is 61.2 Å². The maximum atomic E-state index is 12.2. The van der Waals surface area contributed by atoms with E-state index in [2.05, 4.69) is 26.1 Å². The molecule has 0 bridgehead atoms. The Bertz CT molecular complexity index is 584. The normalized spacial score (nSPS) is 17.7. The summed E-state index contributed by atoms with van der Waals surface area (Å²) >= 11 is 1.56. The quantitative estimate of drug-likeness (QED) is 0.854. The molecule has 1 heterocycles. The molecule has 1 aromatic rings. The lowest BCUT2D eigenvalue weighted by Crippen LogP contribution is -2.31. The van der Waals surface area contributed by atoms with E-state index in [1.165, 1.54) is 16.9 Å². The van der Waals surface area contributed by atoms with Crippen molar-refractivity contribution in [2.75, 3.05) is 6.54 Å². The van der Waals surface area contributed by atoms with Crippen LogP contribution in [-0.2, 0) is 22.4 Å². The van der Waals surface area contributed by atoms with E-state index in [1.54, 1.807) is 25.2 Å². The van der Waals surface area contributed by atoms with Gasteiger partial charge >= 0.3 is 5.97 Å². The second-order valence-electron chi connectivity index (χ2n) is 7.59. The fourth-order valence-electron chi connectivity index (χ4n) is 2.92. The van der Waals surface area contributed by atoms with Gasteiger partial charge in [0.1, 0.15) is 6.54 Å². The van der Waals surface area contributed by atoms with Crippen molar-refractivity contribution in [1.82, 2.24) is 5.32 Å². The molecule has 23 heavy (non-hydrogen) atoms. The number of amides is 1. The molecule has 1 N–H and O–H groups in total. The number of ether oxygens (including phenoxy) is 1. The van der Waals surface area contributed by atoms with Gasteiger partial charge in [-0.15, -0.1) is 11.3 Å². The molecule has 0 aliphatic heterocycles. The van der Waals surface area contributed by atoms with E-state index >= 15 is 0 Å². The SMILES string of the molecule is CC(C)OC(=O)CNC(=O)c1cc2c(s1)CCC(C(C)(C)C)C2. The predicted octanol–water partition coefficient (Wildman–Crippen LogP) is 3.58. The largest absolute Gasteiger partial charge is 0.462 e. The van der Waals surface area contributed by atoms with E-state index in [0.717, 1.165) is 12.8 Å². The minimum atomic E-state index is -0.400. The third kappa shape index (κ3) is 4.80. The van der Waals surface area contributed by atoms with E-state index in [0.29, 0.717) is 16.2 Å². The monoisotopic (exact) mass is 337 g/mol. The van der Waals surface area contributed by atoms with Crippen molar-refractivity contribution in [3.63, 3.8) is 0 Å². The van der Waals surface area contributed by atoms with Gasteiger partial charge in [-0.25, -0.2) is 0 Å². The molecule has 0 spiro atoms. The summed E-state index contributed by atoms with van der Waals surface area (Å²) in [6.07, 6.45) is 3.10. The summed E-state index contributed by atoms with van der Waals surface area (Å²) in [5.41, 5.74) is 1.60. The Hall–Kier alpha value is -1.36. The van der Waals surface area contributed by atoms with Crippen LogP contribution in [0, 0.1) is 11.3 Å². The third-order valence-corrected chi connectivity index (χ3v) is 5.53. The van der Waals surface area contributed by atoms with Crippen LogP contribution in [0.4, 0.5) is 0 Å². The molecular formula is C18H27NO3S. The topological polar surface area (TPSA) is 55.4 Å². The van der Waals surface area contributed by atoms with Gasteiger partial charge in [-0.3, -0.25) is 9.59 Å². The van der Waals surface area contributed by atoms with Crippen LogP contribution in [0.25, 0.3) is 0 Å². The van der Waals surface area contributed by atoms with E-state index in [4.69, 9.17) is 4.74 Å². The van der Waals surface area contributed by atoms with Crippen LogP contribution >= 0.6 is 11.3 Å². The zero-order valence-electron chi connectivity index (χ0n) is 14.7. The second-order valence-corrected chi connectivity index (χ2v) is 8.72. The average Bonchev–Trinajstić information content (AvgIpc) is 2.86. The lowest BCUT2D eigenvalue weighted by molar-refractivity contribution is -0.146. The van der Waals surface area contributed by atoms with Crippen molar-refractivity contribution in [2.24, 2.45) is 11.3 Å². The van der Waals surface area contributed by atoms with Gasteiger partial charge in [0.2, 0.25) is 0 Å². The first kappa shape index (κ1) is 18.0. The van der Waals surface area contributed by atoms with E-state index in [1.807, 2.05) is 6.07 Å². The van der Waals surface area contributed by atoms with E-state index in [9.17, 15) is 9.59 Å². The van der Waals surface area contributed by atoms with Gasteiger partial charge in [-0.2, -0.15) is 0 Å². The Morgan fingerprint density at radius 3 is 2.70 bits per heavy atom. The molecule has 0 saturated heterocycles. The number of hydrogen-bond acceptors (Lipinski definition) is 4. The molecular weight excluding hydrogens is 310 g/mol. The fourth-order valence-corrected chi connectivity index (χ4v) is 4.04. The van der Waals surface area contributed by atoms with Crippen molar-refractivity contribution in [2.45, 2.75) is 60.0 Å². The maximum Gasteiger partial charge on any atom is 0.325 e. The Balaban J connectivity index is 1.97. The summed E-state index contributed by atoms with van der Waals surface area (Å²) in [6, 6.07) is 2.00. The van der Waals surface area contributed by atoms with Crippen molar-refractivity contribution in [3.05, 3.63) is 21.4 Å². The molecule has 1 amide bonds. The highest BCUT2D eigenvalue weighted by molar-refractivity contribution is 7.14. The van der Waals surface area contributed by atoms with Crippen LogP contribution in [0.3, 0.4) is 0 Å². The number of nitrogens with one attached hydrogen (secondary N) is 1. The Labute approximate surface area is 142 Å². The number of aryl methyl sites for hydroxylation is 1. The smallest absolute Gasteiger partial charge is 0.325 e. The summed E-state index contributed by atoms with van der Waals surface area (Å²) in [5.74, 6) is 0.0708. The first-order chi connectivity index (χ1) is 10.7. The Morgan fingerprint density at radius 2 is 2.09 bits per heavy atom. The molecule has 1 aliphatic rings. The van der Waals surface area contributed by atoms with Crippen molar-refractivity contribution in [3.8, 4) is 0 Å². The van der Waals surface area contributed by atoms with Gasteiger partial charge in [0.25, 0.3) is 5.91 Å². The molecule has 0 aromatic carbocycles. The molecule has 1 atom stereocenters. The molecule has 2 rings (SSSR count). The van der Waals surface area contributed by atoms with Gasteiger partial charge < -0.3 is 10.1 Å². The van der Waals surface area contributed by atoms with Gasteiger partial charge in [0.15, 0.2) is 0 Å². The van der Waals surface area contributed by atoms with Gasteiger partial charge in [-0.1, -0.05) is 20.8 Å². The number of carbonyl (C=O) groups is 2. The molecule has 4 nitrogen and oxygen atoms in total. The molecule has 128 valence electrons. The number of carbonyl (C=O) groups excluding carboxylic acids is 2. The predicted molar refractivity (Wildman–Crippen MR) is 92.9 cm³/mol. The molecule has 0 saturated carbocycles. The summed E-state index contributed by atoms with van der Waals surface area (Å²) < 4.78 is 5.02. The standard InChI is InChI=1S/C18H27NO3S/c1-11(2)22-16(20)10-19-17(21)15-9-12-8-13(18(3,4)5)6-7-14(12)23-15/h9,11,13H,6-8,10H2,1-5H3,(H,19,21). The highest BCUT2D eigenvalue weighted by atomic mass is 32.1. The molecule has 1 unspecified atom stereocenters. The number of hydrogen-bond donors (Lipinski definition) is 1. The second kappa shape index (κ2) is 7.04. The van der Waals surface area contributed by atoms with Gasteiger partial charge in [-0.05, 0) is 56.1 Å². The number of esters is 1. The molecule has 0 fully saturated rings. The first-order valence-electron chi connectivity index (χ1n) is 8.26. The lowest BCUT2D eigenvalue weighted by Gasteiger charge is -2.33. The van der Waals surface area contributed by atoms with Crippen molar-refractivity contribution >= 4 is 23.2 Å². The molecule has 0 radical (unpaired) electrons. The van der Waals surface area contributed by atoms with Gasteiger partial charge in [0.05, 0.1) is 11.0 Å². The lowest BCUT2D eigenvalue weighted by atomic mass is 9.72. The average molecular weight is 337 g/mol. The molecule has 1 aromatic heterocycles. The number of rotatable bonds is 4. The maximum absolute atomic E-state index is 12.2. The van der Waals surface area contributed by atoms with Crippen molar-refractivity contribution in [1.29, 1.82) is 0 Å². The van der Waals surface area contributed by atoms with Gasteiger partial charge in [0, 0.05) is 4.88 Å². The summed E-state index contributed by atoms with van der Waals surface area (Å²) in [7, 11) is 0. The highest BCUT2D eigenvalue weighted by Crippen LogP contribution is 2.40. The van der Waals surface area contributed by atoms with Crippen LogP contribution in [0.15, 0.2) is 6.07 Å². The van der Waals surface area contributed by atoms with Crippen LogP contribution in [-0.4, -0.2) is 24.5 Å². The van der Waals surface area contributed by atoms with E-state index in [-0.39, 0.29) is 18.6 Å². The van der Waals surface area contributed by atoms with Crippen LogP contribution in [0.5, 0.6) is 0 Å². The third-order valence-electron chi connectivity index (χ3n) is 4.29. The zero-order chi connectivity index (χ0) is 17.2. The van der Waals surface area contributed by atoms with E-state index < -0.39 is 5.97 Å². The van der Waals surface area contributed by atoms with Crippen LogP contribution < -0.4 is 5.32 Å². The number of thiophene rings is 1. The highest BCUT2D eigenvalue weighted by Gasteiger charge is 2.30. The summed E-state index contributed by atoms with van der Waals surface area (Å²) in [6.45, 7) is 10.3. The number of fused-ring (bicyclic) bond motifs is 1. The fraction of sp³-hybridized carbons (Fsp3) is 0.667. The Morgan fingerprint density at radius 1 is 1.39 bits per heavy atom. The Kier molecular flexibility index (Phi) is 5.50. The van der Waals surface area contributed by atoms with Crippen molar-refractivity contribution < 1.29 is 14.3 Å². The first-order valence-corrected chi connectivity index (χ1v) is 9.07. The molecule has 1 aliphatic carbocycles. The molecule has 5 heteroatoms. The zero-order valence-corrected chi connectivity index (χ0v) is 15.5. The summed E-state index contributed by atoms with van der Waals surface area (Å²) in [4.78, 5) is 25.7. The summed E-state index contributed by atoms with van der Waals surface area (Å²) in [5, 5.41) is 2.65. The minimum Gasteiger partial charge on any atom is -0.462 e. The minimum absolute atomic E-state index is 0.0792.